The summed E-state index contributed by atoms with van der Waals surface area (Å²) in [6, 6.07) is 23.2. The minimum atomic E-state index is -0.956. The van der Waals surface area contributed by atoms with Gasteiger partial charge < -0.3 is 19.7 Å². The fourth-order valence-corrected chi connectivity index (χ4v) is 4.16. The number of aromatic nitrogens is 1. The third-order valence-electron chi connectivity index (χ3n) is 6.09. The van der Waals surface area contributed by atoms with E-state index in [2.05, 4.69) is 15.8 Å². The number of hydrogen-bond acceptors (Lipinski definition) is 6. The number of nitrogens with one attached hydrogen (secondary N) is 2. The van der Waals surface area contributed by atoms with Crippen LogP contribution in [0.4, 0.5) is 10.5 Å². The summed E-state index contributed by atoms with van der Waals surface area (Å²) in [4.78, 5) is 24.4. The van der Waals surface area contributed by atoms with Crippen LogP contribution in [0.2, 0.25) is 5.02 Å². The molecule has 0 radical (unpaired) electrons. The van der Waals surface area contributed by atoms with Crippen molar-refractivity contribution < 1.29 is 24.0 Å². The van der Waals surface area contributed by atoms with Crippen molar-refractivity contribution in [1.29, 1.82) is 0 Å². The van der Waals surface area contributed by atoms with Crippen LogP contribution < -0.4 is 10.6 Å². The van der Waals surface area contributed by atoms with Gasteiger partial charge in [0.1, 0.15) is 23.5 Å². The molecule has 0 spiro atoms. The molecule has 8 nitrogen and oxygen atoms in total. The van der Waals surface area contributed by atoms with Crippen molar-refractivity contribution in [2.75, 3.05) is 5.32 Å². The Morgan fingerprint density at radius 3 is 2.39 bits per heavy atom. The Balaban J connectivity index is 1.40. The number of carboxylic acid groups (broad SMARTS) is 1. The molecule has 0 bridgehead atoms. The summed E-state index contributed by atoms with van der Waals surface area (Å²) in [5, 5.41) is 20.0. The Hall–Kier alpha value is -4.14. The minimum absolute atomic E-state index is 0.262. The van der Waals surface area contributed by atoms with Gasteiger partial charge in [0, 0.05) is 17.1 Å². The van der Waals surface area contributed by atoms with Gasteiger partial charge in [0.15, 0.2) is 5.76 Å². The van der Waals surface area contributed by atoms with Gasteiger partial charge in [-0.15, -0.1) is 0 Å². The monoisotopic (exact) mass is 533 g/mol. The van der Waals surface area contributed by atoms with Gasteiger partial charge in [0.25, 0.3) is 0 Å². The SMILES string of the molecule is Cc1noc(-c2ccc(CNC(Cc3ccccc3Cl)C(=O)O)cc2)c1NC(=O)OC(C)c1ccccc1. The van der Waals surface area contributed by atoms with E-state index in [1.807, 2.05) is 72.8 Å². The highest BCUT2D eigenvalue weighted by Gasteiger charge is 2.21. The summed E-state index contributed by atoms with van der Waals surface area (Å²) >= 11 is 6.20. The van der Waals surface area contributed by atoms with Gasteiger partial charge in [-0.25, -0.2) is 4.79 Å². The molecular formula is C29H28ClN3O5. The second-order valence-electron chi connectivity index (χ2n) is 8.82. The molecule has 2 atom stereocenters. The van der Waals surface area contributed by atoms with E-state index in [0.717, 1.165) is 16.7 Å². The number of rotatable bonds is 10. The van der Waals surface area contributed by atoms with E-state index in [4.69, 9.17) is 20.9 Å². The number of nitrogens with zero attached hydrogens (tertiary/aromatic N) is 1. The number of hydrogen-bond donors (Lipinski definition) is 3. The number of halogens is 1. The first-order valence-corrected chi connectivity index (χ1v) is 12.5. The van der Waals surface area contributed by atoms with E-state index >= 15 is 0 Å². The van der Waals surface area contributed by atoms with E-state index < -0.39 is 24.2 Å². The van der Waals surface area contributed by atoms with Crippen molar-refractivity contribution in [3.05, 3.63) is 106 Å². The van der Waals surface area contributed by atoms with Gasteiger partial charge in [-0.3, -0.25) is 10.1 Å². The standard InChI is InChI=1S/C29H28ClN3O5/c1-18-26(32-29(36)37-19(2)21-8-4-3-5-9-21)27(38-33-18)22-14-12-20(13-15-22)17-31-25(28(34)35)16-23-10-6-7-11-24(23)30/h3-15,19,25,31H,16-17H2,1-2H3,(H,32,36)(H,34,35). The third-order valence-corrected chi connectivity index (χ3v) is 6.46. The maximum atomic E-state index is 12.6. The molecule has 2 unspecified atom stereocenters. The van der Waals surface area contributed by atoms with Gasteiger partial charge in [0.2, 0.25) is 0 Å². The zero-order valence-electron chi connectivity index (χ0n) is 21.0. The average molecular weight is 534 g/mol. The van der Waals surface area contributed by atoms with Crippen LogP contribution in [0.1, 0.15) is 35.4 Å². The van der Waals surface area contributed by atoms with Gasteiger partial charge >= 0.3 is 12.1 Å². The topological polar surface area (TPSA) is 114 Å². The predicted molar refractivity (Wildman–Crippen MR) is 145 cm³/mol. The highest BCUT2D eigenvalue weighted by atomic mass is 35.5. The van der Waals surface area contributed by atoms with Crippen molar-refractivity contribution in [3.8, 4) is 11.3 Å². The Bertz CT molecular complexity index is 1390. The molecule has 3 aromatic carbocycles. The maximum Gasteiger partial charge on any atom is 0.412 e. The molecule has 196 valence electrons. The molecule has 1 amide bonds. The fraction of sp³-hybridized carbons (Fsp3) is 0.207. The zero-order valence-corrected chi connectivity index (χ0v) is 21.7. The number of benzene rings is 3. The lowest BCUT2D eigenvalue weighted by Gasteiger charge is -2.16. The van der Waals surface area contributed by atoms with Crippen LogP contribution in [0.25, 0.3) is 11.3 Å². The largest absolute Gasteiger partial charge is 0.480 e. The third kappa shape index (κ3) is 6.79. The van der Waals surface area contributed by atoms with E-state index in [9.17, 15) is 14.7 Å². The van der Waals surface area contributed by atoms with Crippen LogP contribution in [0.5, 0.6) is 0 Å². The van der Waals surface area contributed by atoms with Gasteiger partial charge in [-0.1, -0.05) is 89.6 Å². The molecule has 0 aliphatic rings. The lowest BCUT2D eigenvalue weighted by atomic mass is 10.0. The highest BCUT2D eigenvalue weighted by Crippen LogP contribution is 2.31. The predicted octanol–water partition coefficient (Wildman–Crippen LogP) is 6.40. The molecule has 0 fully saturated rings. The molecule has 1 heterocycles. The molecule has 0 aliphatic heterocycles. The van der Waals surface area contributed by atoms with E-state index in [-0.39, 0.29) is 6.42 Å². The van der Waals surface area contributed by atoms with Gasteiger partial charge in [-0.2, -0.15) is 0 Å². The van der Waals surface area contributed by atoms with Crippen molar-refractivity contribution >= 4 is 29.4 Å². The molecule has 0 saturated heterocycles. The van der Waals surface area contributed by atoms with Gasteiger partial charge in [-0.05, 0) is 43.0 Å². The number of ether oxygens (including phenoxy) is 1. The van der Waals surface area contributed by atoms with Crippen molar-refractivity contribution in [1.82, 2.24) is 10.5 Å². The molecule has 3 N–H and O–H groups in total. The number of aryl methyl sites for hydroxylation is 1. The van der Waals surface area contributed by atoms with Crippen molar-refractivity contribution in [2.24, 2.45) is 0 Å². The number of aliphatic carboxylic acids is 1. The Labute approximate surface area is 225 Å². The summed E-state index contributed by atoms with van der Waals surface area (Å²) in [5.74, 6) is -0.559. The number of anilines is 1. The lowest BCUT2D eigenvalue weighted by molar-refractivity contribution is -0.139. The highest BCUT2D eigenvalue weighted by molar-refractivity contribution is 6.31. The molecule has 4 rings (SSSR count). The zero-order chi connectivity index (χ0) is 27.1. The Kier molecular flexibility index (Phi) is 8.78. The van der Waals surface area contributed by atoms with E-state index in [1.165, 1.54) is 0 Å². The van der Waals surface area contributed by atoms with Crippen LogP contribution in [-0.2, 0) is 22.5 Å². The quantitative estimate of drug-likeness (QED) is 0.216. The number of carbonyl (C=O) groups is 2. The summed E-state index contributed by atoms with van der Waals surface area (Å²) in [5.41, 5.74) is 4.16. The van der Waals surface area contributed by atoms with Crippen LogP contribution in [0.15, 0.2) is 83.4 Å². The van der Waals surface area contributed by atoms with Crippen molar-refractivity contribution in [2.45, 2.75) is 39.0 Å². The minimum Gasteiger partial charge on any atom is -0.480 e. The second kappa shape index (κ2) is 12.4. The lowest BCUT2D eigenvalue weighted by Crippen LogP contribution is -2.38. The number of carboxylic acids is 1. The molecule has 38 heavy (non-hydrogen) atoms. The van der Waals surface area contributed by atoms with Crippen LogP contribution in [0, 0.1) is 6.92 Å². The maximum absolute atomic E-state index is 12.6. The first-order valence-electron chi connectivity index (χ1n) is 12.1. The number of amides is 1. The van der Waals surface area contributed by atoms with E-state index in [0.29, 0.717) is 34.3 Å². The molecular weight excluding hydrogens is 506 g/mol. The normalized spacial score (nSPS) is 12.5. The second-order valence-corrected chi connectivity index (χ2v) is 9.23. The van der Waals surface area contributed by atoms with Crippen LogP contribution in [-0.4, -0.2) is 28.4 Å². The smallest absolute Gasteiger partial charge is 0.412 e. The van der Waals surface area contributed by atoms with Crippen LogP contribution in [0.3, 0.4) is 0 Å². The Morgan fingerprint density at radius 1 is 1.03 bits per heavy atom. The Morgan fingerprint density at radius 2 is 1.71 bits per heavy atom. The number of carbonyl (C=O) groups excluding carboxylic acids is 1. The van der Waals surface area contributed by atoms with Gasteiger partial charge in [0.05, 0.1) is 0 Å². The molecule has 4 aromatic rings. The van der Waals surface area contributed by atoms with E-state index in [1.54, 1.807) is 19.9 Å². The first-order chi connectivity index (χ1) is 18.3. The molecule has 0 saturated carbocycles. The summed E-state index contributed by atoms with van der Waals surface area (Å²) in [7, 11) is 0. The first kappa shape index (κ1) is 26.9. The summed E-state index contributed by atoms with van der Waals surface area (Å²) in [6.07, 6.45) is -0.787. The summed E-state index contributed by atoms with van der Waals surface area (Å²) < 4.78 is 11.0. The fourth-order valence-electron chi connectivity index (χ4n) is 3.94. The van der Waals surface area contributed by atoms with Crippen molar-refractivity contribution in [3.63, 3.8) is 0 Å². The van der Waals surface area contributed by atoms with Crippen LogP contribution >= 0.6 is 11.6 Å². The molecule has 1 aromatic heterocycles. The molecule has 9 heteroatoms. The summed E-state index contributed by atoms with van der Waals surface area (Å²) in [6.45, 7) is 3.87. The molecule has 0 aliphatic carbocycles. The average Bonchev–Trinajstić information content (AvgIpc) is 3.27.